The summed E-state index contributed by atoms with van der Waals surface area (Å²) in [7, 11) is 0. The second-order valence-electron chi connectivity index (χ2n) is 5.72. The highest BCUT2D eigenvalue weighted by Crippen LogP contribution is 2.34. The summed E-state index contributed by atoms with van der Waals surface area (Å²) in [6, 6.07) is 4.41. The Kier molecular flexibility index (Phi) is 3.33. The van der Waals surface area contributed by atoms with Crippen LogP contribution in [0.15, 0.2) is 18.3 Å². The quantitative estimate of drug-likeness (QED) is 0.744. The molecule has 1 aromatic rings. The van der Waals surface area contributed by atoms with Gasteiger partial charge in [0.25, 0.3) is 5.91 Å². The molecular weight excluding hydrogens is 236 g/mol. The lowest BCUT2D eigenvalue weighted by atomic mass is 9.93. The van der Waals surface area contributed by atoms with Gasteiger partial charge >= 0.3 is 0 Å². The molecule has 2 saturated carbocycles. The van der Waals surface area contributed by atoms with Crippen molar-refractivity contribution >= 4 is 5.91 Å². The normalized spacial score (nSPS) is 18.7. The summed E-state index contributed by atoms with van der Waals surface area (Å²) >= 11 is 0. The Morgan fingerprint density at radius 2 is 2.21 bits per heavy atom. The highest BCUT2D eigenvalue weighted by Gasteiger charge is 2.29. The van der Waals surface area contributed by atoms with E-state index in [9.17, 15) is 4.79 Å². The predicted molar refractivity (Wildman–Crippen MR) is 74.8 cm³/mol. The number of carbonyl (C=O) groups excluding carboxylic acids is 1. The molecule has 0 aliphatic heterocycles. The molecule has 2 fully saturated rings. The molecule has 2 aliphatic carbocycles. The minimum absolute atomic E-state index is 0.0988. The molecule has 0 spiro atoms. The van der Waals surface area contributed by atoms with Crippen molar-refractivity contribution in [1.29, 1.82) is 0 Å². The van der Waals surface area contributed by atoms with Crippen molar-refractivity contribution in [3.05, 3.63) is 24.0 Å². The second-order valence-corrected chi connectivity index (χ2v) is 5.72. The van der Waals surface area contributed by atoms with Gasteiger partial charge in [-0.3, -0.25) is 4.79 Å². The molecule has 1 heterocycles. The maximum absolute atomic E-state index is 12.6. The van der Waals surface area contributed by atoms with Crippen molar-refractivity contribution in [2.24, 2.45) is 5.92 Å². The molecule has 3 rings (SSSR count). The van der Waals surface area contributed by atoms with Crippen molar-refractivity contribution in [2.75, 3.05) is 13.1 Å². The topological polar surface area (TPSA) is 25.2 Å². The lowest BCUT2D eigenvalue weighted by molar-refractivity contribution is 0.0753. The third-order valence-corrected chi connectivity index (χ3v) is 4.21. The van der Waals surface area contributed by atoms with Crippen LogP contribution in [0.4, 0.5) is 0 Å². The molecule has 0 saturated heterocycles. The van der Waals surface area contributed by atoms with E-state index in [2.05, 4.69) is 10.5 Å². The number of carbonyl (C=O) groups is 1. The Hall–Kier alpha value is -1.69. The van der Waals surface area contributed by atoms with Gasteiger partial charge in [-0.25, -0.2) is 0 Å². The number of nitrogens with zero attached hydrogens (tertiary/aromatic N) is 2. The van der Waals surface area contributed by atoms with Crippen LogP contribution in [0.5, 0.6) is 0 Å². The van der Waals surface area contributed by atoms with E-state index in [-0.39, 0.29) is 5.91 Å². The molecule has 0 N–H and O–H groups in total. The third kappa shape index (κ3) is 2.53. The van der Waals surface area contributed by atoms with E-state index in [1.54, 1.807) is 0 Å². The SMILES string of the molecule is C#CCN(CC1CC1)C(=O)c1cccn1C1CCC1. The van der Waals surface area contributed by atoms with Crippen molar-refractivity contribution in [2.45, 2.75) is 38.1 Å². The van der Waals surface area contributed by atoms with Crippen molar-refractivity contribution in [3.8, 4) is 12.3 Å². The predicted octanol–water partition coefficient (Wildman–Crippen LogP) is 2.70. The average Bonchev–Trinajstić information content (AvgIpc) is 3.03. The Bertz CT molecular complexity index is 503. The van der Waals surface area contributed by atoms with Crippen LogP contribution in [0.1, 0.15) is 48.6 Å². The summed E-state index contributed by atoms with van der Waals surface area (Å²) < 4.78 is 2.14. The summed E-state index contributed by atoms with van der Waals surface area (Å²) in [4.78, 5) is 14.5. The summed E-state index contributed by atoms with van der Waals surface area (Å²) in [5.41, 5.74) is 0.806. The Balaban J connectivity index is 1.76. The first-order valence-electron chi connectivity index (χ1n) is 7.19. The fourth-order valence-corrected chi connectivity index (χ4v) is 2.66. The molecule has 0 radical (unpaired) electrons. The molecule has 3 heteroatoms. The number of hydrogen-bond donors (Lipinski definition) is 0. The largest absolute Gasteiger partial charge is 0.340 e. The van der Waals surface area contributed by atoms with Gasteiger partial charge < -0.3 is 9.47 Å². The lowest BCUT2D eigenvalue weighted by Gasteiger charge is -2.30. The highest BCUT2D eigenvalue weighted by molar-refractivity contribution is 5.93. The second kappa shape index (κ2) is 5.13. The van der Waals surface area contributed by atoms with Gasteiger partial charge in [0.1, 0.15) is 5.69 Å². The van der Waals surface area contributed by atoms with Crippen LogP contribution < -0.4 is 0 Å². The maximum atomic E-state index is 12.6. The van der Waals surface area contributed by atoms with E-state index >= 15 is 0 Å². The fraction of sp³-hybridized carbons (Fsp3) is 0.562. The fourth-order valence-electron chi connectivity index (χ4n) is 2.66. The van der Waals surface area contributed by atoms with Crippen molar-refractivity contribution < 1.29 is 4.79 Å². The summed E-state index contributed by atoms with van der Waals surface area (Å²) in [5, 5.41) is 0. The van der Waals surface area contributed by atoms with Gasteiger partial charge in [-0.2, -0.15) is 0 Å². The number of amides is 1. The smallest absolute Gasteiger partial charge is 0.271 e. The van der Waals surface area contributed by atoms with Crippen LogP contribution in [0.2, 0.25) is 0 Å². The van der Waals surface area contributed by atoms with Gasteiger partial charge in [0, 0.05) is 18.8 Å². The van der Waals surface area contributed by atoms with E-state index in [0.717, 1.165) is 12.2 Å². The molecule has 1 amide bonds. The van der Waals surface area contributed by atoms with Crippen LogP contribution in [0.25, 0.3) is 0 Å². The summed E-state index contributed by atoms with van der Waals surface area (Å²) in [6.07, 6.45) is 13.5. The Labute approximate surface area is 114 Å². The third-order valence-electron chi connectivity index (χ3n) is 4.21. The molecule has 2 aliphatic rings. The zero-order valence-corrected chi connectivity index (χ0v) is 11.2. The van der Waals surface area contributed by atoms with E-state index < -0.39 is 0 Å². The molecule has 0 bridgehead atoms. The molecular formula is C16H20N2O. The number of rotatable bonds is 5. The van der Waals surface area contributed by atoms with Gasteiger partial charge in [-0.15, -0.1) is 6.42 Å². The lowest BCUT2D eigenvalue weighted by Crippen LogP contribution is -2.35. The van der Waals surface area contributed by atoms with Crippen LogP contribution >= 0.6 is 0 Å². The standard InChI is InChI=1S/C16H20N2O/c1-2-10-17(12-13-8-9-13)16(19)15-7-4-11-18(15)14-5-3-6-14/h1,4,7,11,13-14H,3,5-6,8-10,12H2. The van der Waals surface area contributed by atoms with E-state index in [0.29, 0.717) is 18.5 Å². The Morgan fingerprint density at radius 1 is 1.42 bits per heavy atom. The molecule has 3 nitrogen and oxygen atoms in total. The van der Waals surface area contributed by atoms with Crippen molar-refractivity contribution in [1.82, 2.24) is 9.47 Å². The van der Waals surface area contributed by atoms with E-state index in [4.69, 9.17) is 6.42 Å². The molecule has 100 valence electrons. The van der Waals surface area contributed by atoms with Crippen LogP contribution in [0.3, 0.4) is 0 Å². The molecule has 0 aromatic carbocycles. The highest BCUT2D eigenvalue weighted by atomic mass is 16.2. The van der Waals surface area contributed by atoms with E-state index in [1.165, 1.54) is 32.1 Å². The molecule has 1 aromatic heterocycles. The minimum atomic E-state index is 0.0988. The summed E-state index contributed by atoms with van der Waals surface area (Å²) in [5.74, 6) is 3.39. The van der Waals surface area contributed by atoms with Gasteiger partial charge in [-0.05, 0) is 50.2 Å². The number of terminal acetylenes is 1. The maximum Gasteiger partial charge on any atom is 0.271 e. The summed E-state index contributed by atoms with van der Waals surface area (Å²) in [6.45, 7) is 1.24. The first-order valence-corrected chi connectivity index (χ1v) is 7.19. The van der Waals surface area contributed by atoms with Crippen LogP contribution in [0, 0.1) is 18.3 Å². The minimum Gasteiger partial charge on any atom is -0.340 e. The van der Waals surface area contributed by atoms with Gasteiger partial charge in [0.05, 0.1) is 6.54 Å². The van der Waals surface area contributed by atoms with E-state index in [1.807, 2.05) is 23.2 Å². The Morgan fingerprint density at radius 3 is 2.79 bits per heavy atom. The first-order chi connectivity index (χ1) is 9.29. The van der Waals surface area contributed by atoms with Crippen LogP contribution in [-0.4, -0.2) is 28.5 Å². The first kappa shape index (κ1) is 12.3. The monoisotopic (exact) mass is 256 g/mol. The number of hydrogen-bond acceptors (Lipinski definition) is 1. The number of aromatic nitrogens is 1. The molecule has 0 atom stereocenters. The van der Waals surface area contributed by atoms with Crippen LogP contribution in [-0.2, 0) is 0 Å². The van der Waals surface area contributed by atoms with Gasteiger partial charge in [0.15, 0.2) is 0 Å². The van der Waals surface area contributed by atoms with Gasteiger partial charge in [-0.1, -0.05) is 5.92 Å². The average molecular weight is 256 g/mol. The molecule has 0 unspecified atom stereocenters. The zero-order valence-electron chi connectivity index (χ0n) is 11.2. The zero-order chi connectivity index (χ0) is 13.2. The molecule has 19 heavy (non-hydrogen) atoms. The van der Waals surface area contributed by atoms with Gasteiger partial charge in [0.2, 0.25) is 0 Å². The van der Waals surface area contributed by atoms with Crippen molar-refractivity contribution in [3.63, 3.8) is 0 Å².